The van der Waals surface area contributed by atoms with Crippen LogP contribution in [0.4, 0.5) is 11.5 Å². The predicted octanol–water partition coefficient (Wildman–Crippen LogP) is 2.74. The second-order valence-electron chi connectivity index (χ2n) is 5.14. The average Bonchev–Trinajstić information content (AvgIpc) is 2.68. The Bertz CT molecular complexity index is 820. The summed E-state index contributed by atoms with van der Waals surface area (Å²) in [6, 6.07) is 12.7. The fourth-order valence-electron chi connectivity index (χ4n) is 2.09. The number of aromatic nitrogens is 3. The Morgan fingerprint density at radius 1 is 1.04 bits per heavy atom. The standard InChI is InChI=1S/C18H17N5O2/c1-25-15-7-5-13(6-8-15)23-18(24)16-11-22-17(12-20-16)21-10-14-4-2-3-9-19-14/h2-9,11-12H,10H2,1H3,(H,21,22)(H,23,24). The lowest BCUT2D eigenvalue weighted by atomic mass is 10.3. The SMILES string of the molecule is COc1ccc(NC(=O)c2cnc(NCc3ccccn3)cn2)cc1. The van der Waals surface area contributed by atoms with E-state index in [1.165, 1.54) is 12.4 Å². The van der Waals surface area contributed by atoms with Gasteiger partial charge >= 0.3 is 0 Å². The van der Waals surface area contributed by atoms with Gasteiger partial charge in [0.05, 0.1) is 31.7 Å². The summed E-state index contributed by atoms with van der Waals surface area (Å²) in [6.07, 6.45) is 4.68. The van der Waals surface area contributed by atoms with Gasteiger partial charge in [0.2, 0.25) is 0 Å². The minimum Gasteiger partial charge on any atom is -0.497 e. The van der Waals surface area contributed by atoms with Crippen LogP contribution in [-0.4, -0.2) is 28.0 Å². The molecular formula is C18H17N5O2. The highest BCUT2D eigenvalue weighted by Gasteiger charge is 2.08. The van der Waals surface area contributed by atoms with Crippen molar-refractivity contribution in [1.82, 2.24) is 15.0 Å². The summed E-state index contributed by atoms with van der Waals surface area (Å²) < 4.78 is 5.08. The number of nitrogens with one attached hydrogen (secondary N) is 2. The molecule has 3 rings (SSSR count). The lowest BCUT2D eigenvalue weighted by molar-refractivity contribution is 0.102. The predicted molar refractivity (Wildman–Crippen MR) is 94.5 cm³/mol. The zero-order valence-electron chi connectivity index (χ0n) is 13.6. The normalized spacial score (nSPS) is 10.1. The van der Waals surface area contributed by atoms with Crippen molar-refractivity contribution in [2.45, 2.75) is 6.54 Å². The van der Waals surface area contributed by atoms with E-state index in [1.807, 2.05) is 18.2 Å². The number of nitrogens with zero attached hydrogens (tertiary/aromatic N) is 3. The second-order valence-corrected chi connectivity index (χ2v) is 5.14. The Kier molecular flexibility index (Phi) is 5.16. The molecule has 0 aliphatic heterocycles. The highest BCUT2D eigenvalue weighted by molar-refractivity contribution is 6.02. The number of ether oxygens (including phenoxy) is 1. The molecule has 25 heavy (non-hydrogen) atoms. The highest BCUT2D eigenvalue weighted by atomic mass is 16.5. The molecule has 0 bridgehead atoms. The van der Waals surface area contributed by atoms with Gasteiger partial charge in [-0.15, -0.1) is 0 Å². The van der Waals surface area contributed by atoms with Crippen molar-refractivity contribution in [2.24, 2.45) is 0 Å². The minimum atomic E-state index is -0.325. The molecule has 0 fully saturated rings. The third kappa shape index (κ3) is 4.51. The number of methoxy groups -OCH3 is 1. The summed E-state index contributed by atoms with van der Waals surface area (Å²) in [7, 11) is 1.59. The zero-order valence-corrected chi connectivity index (χ0v) is 13.6. The maximum absolute atomic E-state index is 12.2. The van der Waals surface area contributed by atoms with E-state index in [0.717, 1.165) is 11.4 Å². The molecule has 0 aliphatic rings. The number of hydrogen-bond acceptors (Lipinski definition) is 6. The van der Waals surface area contributed by atoms with Gasteiger partial charge in [0, 0.05) is 11.9 Å². The van der Waals surface area contributed by atoms with E-state index in [0.29, 0.717) is 18.1 Å². The Hall–Kier alpha value is -3.48. The van der Waals surface area contributed by atoms with Crippen LogP contribution in [0.5, 0.6) is 5.75 Å². The fourth-order valence-corrected chi connectivity index (χ4v) is 2.09. The number of pyridine rings is 1. The third-order valence-corrected chi connectivity index (χ3v) is 3.41. The smallest absolute Gasteiger partial charge is 0.275 e. The summed E-state index contributed by atoms with van der Waals surface area (Å²) in [5, 5.41) is 5.87. The van der Waals surface area contributed by atoms with Crippen molar-refractivity contribution < 1.29 is 9.53 Å². The number of carbonyl (C=O) groups is 1. The largest absolute Gasteiger partial charge is 0.497 e. The van der Waals surface area contributed by atoms with Crippen molar-refractivity contribution in [1.29, 1.82) is 0 Å². The lowest BCUT2D eigenvalue weighted by Crippen LogP contribution is -2.14. The molecule has 0 aliphatic carbocycles. The Morgan fingerprint density at radius 2 is 1.88 bits per heavy atom. The first kappa shape index (κ1) is 16.4. The van der Waals surface area contributed by atoms with Gasteiger partial charge in [0.1, 0.15) is 17.3 Å². The summed E-state index contributed by atoms with van der Waals surface area (Å²) in [6.45, 7) is 0.535. The quantitative estimate of drug-likeness (QED) is 0.720. The molecule has 0 spiro atoms. The van der Waals surface area contributed by atoms with Crippen molar-refractivity contribution in [3.63, 3.8) is 0 Å². The highest BCUT2D eigenvalue weighted by Crippen LogP contribution is 2.15. The first-order chi connectivity index (χ1) is 12.2. The number of anilines is 2. The summed E-state index contributed by atoms with van der Waals surface area (Å²) >= 11 is 0. The molecule has 2 aromatic heterocycles. The number of benzene rings is 1. The van der Waals surface area contributed by atoms with Gasteiger partial charge in [-0.3, -0.25) is 9.78 Å². The van der Waals surface area contributed by atoms with E-state index in [9.17, 15) is 4.79 Å². The molecule has 0 atom stereocenters. The molecule has 0 saturated carbocycles. The van der Waals surface area contributed by atoms with Crippen LogP contribution in [0.15, 0.2) is 61.1 Å². The molecule has 2 heterocycles. The average molecular weight is 335 g/mol. The van der Waals surface area contributed by atoms with Crippen LogP contribution in [0.3, 0.4) is 0 Å². The topological polar surface area (TPSA) is 89.0 Å². The van der Waals surface area contributed by atoms with Gasteiger partial charge in [-0.05, 0) is 36.4 Å². The number of carbonyl (C=O) groups excluding carboxylic acids is 1. The molecule has 7 heteroatoms. The van der Waals surface area contributed by atoms with Crippen molar-refractivity contribution in [2.75, 3.05) is 17.7 Å². The van der Waals surface area contributed by atoms with Crippen LogP contribution in [0, 0.1) is 0 Å². The van der Waals surface area contributed by atoms with E-state index in [4.69, 9.17) is 4.74 Å². The van der Waals surface area contributed by atoms with E-state index in [2.05, 4.69) is 25.6 Å². The molecule has 126 valence electrons. The van der Waals surface area contributed by atoms with Gasteiger partial charge < -0.3 is 15.4 Å². The van der Waals surface area contributed by atoms with E-state index in [1.54, 1.807) is 37.6 Å². The van der Waals surface area contributed by atoms with Crippen molar-refractivity contribution in [3.05, 3.63) is 72.4 Å². The van der Waals surface area contributed by atoms with Crippen LogP contribution in [0.1, 0.15) is 16.2 Å². The maximum Gasteiger partial charge on any atom is 0.275 e. The molecule has 3 aromatic rings. The summed E-state index contributed by atoms with van der Waals surface area (Å²) in [5.74, 6) is 0.974. The lowest BCUT2D eigenvalue weighted by Gasteiger charge is -2.07. The Balaban J connectivity index is 1.58. The van der Waals surface area contributed by atoms with E-state index >= 15 is 0 Å². The number of hydrogen-bond donors (Lipinski definition) is 2. The zero-order chi connectivity index (χ0) is 17.5. The molecule has 2 N–H and O–H groups in total. The van der Waals surface area contributed by atoms with Crippen molar-refractivity contribution >= 4 is 17.4 Å². The van der Waals surface area contributed by atoms with E-state index < -0.39 is 0 Å². The number of rotatable bonds is 6. The molecule has 1 amide bonds. The second kappa shape index (κ2) is 7.87. The molecule has 0 unspecified atom stereocenters. The van der Waals surface area contributed by atoms with Crippen LogP contribution in [0.2, 0.25) is 0 Å². The van der Waals surface area contributed by atoms with Gasteiger partial charge in [-0.2, -0.15) is 0 Å². The first-order valence-corrected chi connectivity index (χ1v) is 7.66. The molecular weight excluding hydrogens is 318 g/mol. The Labute approximate surface area is 145 Å². The minimum absolute atomic E-state index is 0.235. The number of amides is 1. The molecule has 1 aromatic carbocycles. The molecule has 0 saturated heterocycles. The monoisotopic (exact) mass is 335 g/mol. The van der Waals surface area contributed by atoms with Crippen LogP contribution in [0.25, 0.3) is 0 Å². The van der Waals surface area contributed by atoms with Gasteiger partial charge in [-0.25, -0.2) is 9.97 Å². The summed E-state index contributed by atoms with van der Waals surface area (Å²) in [4.78, 5) is 24.7. The van der Waals surface area contributed by atoms with Crippen molar-refractivity contribution in [3.8, 4) is 5.75 Å². The molecule has 0 radical (unpaired) electrons. The Morgan fingerprint density at radius 3 is 2.52 bits per heavy atom. The van der Waals surface area contributed by atoms with Crippen LogP contribution in [-0.2, 0) is 6.54 Å². The maximum atomic E-state index is 12.2. The fraction of sp³-hybridized carbons (Fsp3) is 0.111. The molecule has 7 nitrogen and oxygen atoms in total. The van der Waals surface area contributed by atoms with Crippen LogP contribution < -0.4 is 15.4 Å². The summed E-state index contributed by atoms with van der Waals surface area (Å²) in [5.41, 5.74) is 1.79. The third-order valence-electron chi connectivity index (χ3n) is 3.41. The van der Waals surface area contributed by atoms with E-state index in [-0.39, 0.29) is 11.6 Å². The van der Waals surface area contributed by atoms with Gasteiger partial charge in [0.15, 0.2) is 0 Å². The van der Waals surface area contributed by atoms with Gasteiger partial charge in [-0.1, -0.05) is 6.07 Å². The van der Waals surface area contributed by atoms with Gasteiger partial charge in [0.25, 0.3) is 5.91 Å². The first-order valence-electron chi connectivity index (χ1n) is 7.66. The van der Waals surface area contributed by atoms with Crippen LogP contribution >= 0.6 is 0 Å².